The molecule has 3 nitrogen and oxygen atoms in total. The molecule has 2 atom stereocenters. The van der Waals surface area contributed by atoms with Gasteiger partial charge < -0.3 is 13.9 Å². The van der Waals surface area contributed by atoms with E-state index in [1.54, 1.807) is 0 Å². The summed E-state index contributed by atoms with van der Waals surface area (Å²) in [6.07, 6.45) is 1.10. The smallest absolute Gasteiger partial charge is 0.192 e. The highest BCUT2D eigenvalue weighted by Crippen LogP contribution is 2.42. The van der Waals surface area contributed by atoms with E-state index in [9.17, 15) is 0 Å². The maximum Gasteiger partial charge on any atom is 0.192 e. The summed E-state index contributed by atoms with van der Waals surface area (Å²) in [5.74, 6) is -0.505. The van der Waals surface area contributed by atoms with Gasteiger partial charge in [0, 0.05) is 4.43 Å². The van der Waals surface area contributed by atoms with Crippen LogP contribution >= 0.6 is 22.6 Å². The molecule has 0 N–H and O–H groups in total. The summed E-state index contributed by atoms with van der Waals surface area (Å²) in [7, 11) is -1.80. The SMILES string of the molecule is CC1(C)OC[C@@](C)([C@@H](CCI)O[Si](C)(C)C(C)(C)C)O1. The molecule has 0 bridgehead atoms. The van der Waals surface area contributed by atoms with E-state index in [0.29, 0.717) is 6.61 Å². The van der Waals surface area contributed by atoms with E-state index in [4.69, 9.17) is 13.9 Å². The zero-order chi connectivity index (χ0) is 15.8. The van der Waals surface area contributed by atoms with Crippen molar-refractivity contribution in [3.63, 3.8) is 0 Å². The Morgan fingerprint density at radius 3 is 2.15 bits per heavy atom. The van der Waals surface area contributed by atoms with Crippen molar-refractivity contribution in [3.05, 3.63) is 0 Å². The molecule has 1 fully saturated rings. The van der Waals surface area contributed by atoms with Gasteiger partial charge in [0.1, 0.15) is 5.60 Å². The molecule has 1 saturated heterocycles. The highest BCUT2D eigenvalue weighted by atomic mass is 127. The third-order valence-corrected chi connectivity index (χ3v) is 9.59. The van der Waals surface area contributed by atoms with Crippen LogP contribution in [0.2, 0.25) is 18.1 Å². The Kier molecular flexibility index (Phi) is 5.80. The summed E-state index contributed by atoms with van der Waals surface area (Å²) >= 11 is 2.42. The summed E-state index contributed by atoms with van der Waals surface area (Å²) < 4.78 is 19.7. The normalized spacial score (nSPS) is 28.6. The molecule has 0 spiro atoms. The van der Waals surface area contributed by atoms with Gasteiger partial charge >= 0.3 is 0 Å². The van der Waals surface area contributed by atoms with E-state index < -0.39 is 14.1 Å². The Labute approximate surface area is 139 Å². The summed E-state index contributed by atoms with van der Waals surface area (Å²) in [6, 6.07) is 0. The lowest BCUT2D eigenvalue weighted by Gasteiger charge is -2.43. The highest BCUT2D eigenvalue weighted by molar-refractivity contribution is 14.1. The molecular formula is C15H31IO3Si. The van der Waals surface area contributed by atoms with Crippen LogP contribution in [-0.4, -0.2) is 36.8 Å². The molecule has 1 heterocycles. The maximum atomic E-state index is 6.65. The van der Waals surface area contributed by atoms with Crippen LogP contribution in [0.1, 0.15) is 48.0 Å². The van der Waals surface area contributed by atoms with Crippen molar-refractivity contribution in [2.75, 3.05) is 11.0 Å². The van der Waals surface area contributed by atoms with Gasteiger partial charge in [0.25, 0.3) is 0 Å². The van der Waals surface area contributed by atoms with E-state index in [1.165, 1.54) is 0 Å². The first-order chi connectivity index (χ1) is 8.83. The third-order valence-electron chi connectivity index (χ3n) is 4.48. The molecule has 1 aliphatic rings. The van der Waals surface area contributed by atoms with Gasteiger partial charge in [-0.1, -0.05) is 43.4 Å². The molecule has 0 aromatic carbocycles. The quantitative estimate of drug-likeness (QED) is 0.369. The van der Waals surface area contributed by atoms with Crippen LogP contribution < -0.4 is 0 Å². The average Bonchev–Trinajstić information content (AvgIpc) is 2.52. The molecule has 0 aliphatic carbocycles. The van der Waals surface area contributed by atoms with E-state index in [-0.39, 0.29) is 16.7 Å². The lowest BCUT2D eigenvalue weighted by atomic mass is 9.98. The summed E-state index contributed by atoms with van der Waals surface area (Å²) in [5, 5.41) is 0.210. The Bertz CT molecular complexity index is 339. The van der Waals surface area contributed by atoms with Gasteiger partial charge in [-0.05, 0) is 45.3 Å². The topological polar surface area (TPSA) is 27.7 Å². The standard InChI is InChI=1S/C15H31IO3Si/c1-13(2,3)20(7,8)18-12(9-10-16)15(6)11-17-14(4,5)19-15/h12H,9-11H2,1-8H3/t12-,15+/m1/s1. The maximum absolute atomic E-state index is 6.65. The first-order valence-corrected chi connectivity index (χ1v) is 11.8. The fourth-order valence-corrected chi connectivity index (χ4v) is 4.21. The van der Waals surface area contributed by atoms with Crippen LogP contribution in [0.4, 0.5) is 0 Å². The molecule has 0 saturated carbocycles. The Morgan fingerprint density at radius 1 is 1.25 bits per heavy atom. The molecule has 0 unspecified atom stereocenters. The summed E-state index contributed by atoms with van der Waals surface area (Å²) in [4.78, 5) is 0. The van der Waals surface area contributed by atoms with Crippen molar-refractivity contribution in [2.24, 2.45) is 0 Å². The van der Waals surface area contributed by atoms with Crippen LogP contribution in [-0.2, 0) is 13.9 Å². The highest BCUT2D eigenvalue weighted by Gasteiger charge is 2.50. The molecular weight excluding hydrogens is 383 g/mol. The number of halogens is 1. The van der Waals surface area contributed by atoms with Gasteiger partial charge in [-0.15, -0.1) is 0 Å². The van der Waals surface area contributed by atoms with Crippen molar-refractivity contribution in [2.45, 2.75) is 83.6 Å². The predicted molar refractivity (Wildman–Crippen MR) is 95.1 cm³/mol. The molecule has 5 heteroatoms. The number of alkyl halides is 1. The molecule has 1 rings (SSSR count). The monoisotopic (exact) mass is 414 g/mol. The zero-order valence-electron chi connectivity index (χ0n) is 14.3. The predicted octanol–water partition coefficient (Wildman–Crippen LogP) is 4.74. The summed E-state index contributed by atoms with van der Waals surface area (Å²) in [5.41, 5.74) is -0.343. The lowest BCUT2D eigenvalue weighted by Crippen LogP contribution is -2.53. The van der Waals surface area contributed by atoms with Crippen molar-refractivity contribution in [1.29, 1.82) is 0 Å². The van der Waals surface area contributed by atoms with E-state index in [0.717, 1.165) is 10.8 Å². The van der Waals surface area contributed by atoms with Gasteiger partial charge in [-0.2, -0.15) is 0 Å². The molecule has 0 aromatic rings. The van der Waals surface area contributed by atoms with Crippen molar-refractivity contribution < 1.29 is 13.9 Å². The van der Waals surface area contributed by atoms with Crippen molar-refractivity contribution in [3.8, 4) is 0 Å². The Morgan fingerprint density at radius 2 is 1.80 bits per heavy atom. The lowest BCUT2D eigenvalue weighted by molar-refractivity contribution is -0.177. The van der Waals surface area contributed by atoms with Crippen LogP contribution in [0.3, 0.4) is 0 Å². The van der Waals surface area contributed by atoms with Gasteiger partial charge in [0.05, 0.1) is 12.7 Å². The minimum atomic E-state index is -1.80. The minimum Gasteiger partial charge on any atom is -0.411 e. The largest absolute Gasteiger partial charge is 0.411 e. The van der Waals surface area contributed by atoms with Gasteiger partial charge in [0.15, 0.2) is 14.1 Å². The van der Waals surface area contributed by atoms with Gasteiger partial charge in [-0.3, -0.25) is 0 Å². The van der Waals surface area contributed by atoms with E-state index >= 15 is 0 Å². The fourth-order valence-electron chi connectivity index (χ4n) is 2.22. The number of hydrogen-bond donors (Lipinski definition) is 0. The minimum absolute atomic E-state index is 0.0991. The number of rotatable bonds is 5. The first-order valence-electron chi connectivity index (χ1n) is 7.41. The molecule has 0 amide bonds. The second-order valence-corrected chi connectivity index (χ2v) is 13.8. The summed E-state index contributed by atoms with van der Waals surface area (Å²) in [6.45, 7) is 18.1. The first kappa shape index (κ1) is 18.9. The number of hydrogen-bond acceptors (Lipinski definition) is 3. The molecule has 0 aromatic heterocycles. The van der Waals surface area contributed by atoms with Crippen LogP contribution in [0.25, 0.3) is 0 Å². The van der Waals surface area contributed by atoms with Crippen LogP contribution in [0.15, 0.2) is 0 Å². The fraction of sp³-hybridized carbons (Fsp3) is 1.00. The second kappa shape index (κ2) is 6.14. The van der Waals surface area contributed by atoms with Crippen molar-refractivity contribution >= 4 is 30.9 Å². The van der Waals surface area contributed by atoms with Gasteiger partial charge in [-0.25, -0.2) is 0 Å². The number of ether oxygens (including phenoxy) is 2. The average molecular weight is 414 g/mol. The molecule has 120 valence electrons. The molecule has 0 radical (unpaired) electrons. The van der Waals surface area contributed by atoms with Crippen LogP contribution in [0, 0.1) is 0 Å². The zero-order valence-corrected chi connectivity index (χ0v) is 17.5. The third kappa shape index (κ3) is 4.41. The molecule has 20 heavy (non-hydrogen) atoms. The van der Waals surface area contributed by atoms with E-state index in [2.05, 4.69) is 63.4 Å². The molecule has 1 aliphatic heterocycles. The van der Waals surface area contributed by atoms with Crippen molar-refractivity contribution in [1.82, 2.24) is 0 Å². The second-order valence-electron chi connectivity index (χ2n) is 7.95. The van der Waals surface area contributed by atoms with Crippen LogP contribution in [0.5, 0.6) is 0 Å². The van der Waals surface area contributed by atoms with E-state index in [1.807, 2.05) is 13.8 Å². The Hall–Kier alpha value is 0.827. The van der Waals surface area contributed by atoms with Gasteiger partial charge in [0.2, 0.25) is 0 Å². The Balaban J connectivity index is 2.91.